The zero-order chi connectivity index (χ0) is 19.3. The molecule has 2 heterocycles. The minimum atomic E-state index is -1.51. The van der Waals surface area contributed by atoms with Crippen LogP contribution in [0.15, 0.2) is 36.4 Å². The highest BCUT2D eigenvalue weighted by Crippen LogP contribution is 2.32. The molecule has 142 valence electrons. The average Bonchev–Trinajstić information content (AvgIpc) is 3.06. The molecule has 1 unspecified atom stereocenters. The highest BCUT2D eigenvalue weighted by Gasteiger charge is 2.36. The Bertz CT molecular complexity index is 985. The minimum absolute atomic E-state index is 0.0180. The van der Waals surface area contributed by atoms with Crippen molar-refractivity contribution in [3.8, 4) is 0 Å². The molecule has 0 saturated carbocycles. The van der Waals surface area contributed by atoms with Gasteiger partial charge in [-0.2, -0.15) is 0 Å². The molecule has 2 aromatic carbocycles. The van der Waals surface area contributed by atoms with E-state index in [0.29, 0.717) is 21.8 Å². The van der Waals surface area contributed by atoms with Crippen LogP contribution in [0.2, 0.25) is 0 Å². The van der Waals surface area contributed by atoms with Crippen LogP contribution in [0.4, 0.5) is 13.2 Å². The number of aliphatic hydroxyl groups is 1. The summed E-state index contributed by atoms with van der Waals surface area (Å²) in [6, 6.07) is 8.44. The molecule has 1 fully saturated rings. The molecule has 7 heteroatoms. The summed E-state index contributed by atoms with van der Waals surface area (Å²) in [6.07, 6.45) is -1.39. The third-order valence-corrected chi connectivity index (χ3v) is 5.05. The summed E-state index contributed by atoms with van der Waals surface area (Å²) in [6.45, 7) is 1.90. The topological polar surface area (TPSA) is 45.5 Å². The maximum absolute atomic E-state index is 13.7. The molecule has 0 bridgehead atoms. The first kappa shape index (κ1) is 17.9. The summed E-state index contributed by atoms with van der Waals surface area (Å²) in [5, 5.41) is 12.0. The lowest BCUT2D eigenvalue weighted by atomic mass is 10.1. The molecule has 4 nitrogen and oxygen atoms in total. The zero-order valence-electron chi connectivity index (χ0n) is 14.8. The molecule has 1 aliphatic heterocycles. The number of benzene rings is 2. The van der Waals surface area contributed by atoms with Gasteiger partial charge in [0.15, 0.2) is 6.17 Å². The molecule has 1 N–H and O–H groups in total. The van der Waals surface area contributed by atoms with Crippen LogP contribution in [-0.2, 0) is 11.3 Å². The van der Waals surface area contributed by atoms with E-state index in [2.05, 4.69) is 0 Å². The van der Waals surface area contributed by atoms with E-state index in [0.717, 1.165) is 0 Å². The van der Waals surface area contributed by atoms with Crippen molar-refractivity contribution in [2.24, 2.45) is 0 Å². The van der Waals surface area contributed by atoms with Gasteiger partial charge in [-0.05, 0) is 43.3 Å². The Hall–Kier alpha value is -2.54. The second-order valence-corrected chi connectivity index (χ2v) is 7.42. The molecule has 27 heavy (non-hydrogen) atoms. The van der Waals surface area contributed by atoms with Crippen molar-refractivity contribution in [3.05, 3.63) is 48.0 Å². The molecular formula is C20H19F3N2O2. The van der Waals surface area contributed by atoms with Crippen LogP contribution in [0.3, 0.4) is 0 Å². The largest absolute Gasteiger partial charge is 0.386 e. The van der Waals surface area contributed by atoms with E-state index in [4.69, 9.17) is 0 Å². The van der Waals surface area contributed by atoms with Crippen molar-refractivity contribution in [2.75, 3.05) is 13.1 Å². The van der Waals surface area contributed by atoms with Crippen LogP contribution >= 0.6 is 0 Å². The van der Waals surface area contributed by atoms with Gasteiger partial charge in [0, 0.05) is 34.8 Å². The van der Waals surface area contributed by atoms with Crippen molar-refractivity contribution >= 4 is 27.7 Å². The lowest BCUT2D eigenvalue weighted by molar-refractivity contribution is -0.134. The SMILES string of the molecule is CC(O)(CN1CC[C@H](F)C1=O)Cn1c2ccc(F)cc2c2cc(F)ccc21. The molecule has 0 radical (unpaired) electrons. The normalized spacial score (nSPS) is 20.0. The second-order valence-electron chi connectivity index (χ2n) is 7.42. The van der Waals surface area contributed by atoms with Crippen LogP contribution in [0.5, 0.6) is 0 Å². The molecular weight excluding hydrogens is 357 g/mol. The van der Waals surface area contributed by atoms with E-state index in [1.807, 2.05) is 0 Å². The highest BCUT2D eigenvalue weighted by atomic mass is 19.1. The number of likely N-dealkylation sites (tertiary alicyclic amines) is 1. The standard InChI is InChI=1S/C20H19F3N2O2/c1-20(27,10-24-7-6-16(23)19(24)26)11-25-17-4-2-12(21)8-14(17)15-9-13(22)3-5-18(15)25/h2-5,8-9,16,27H,6-7,10-11H2,1H3/t16-,20?/m0/s1. The van der Waals surface area contributed by atoms with Crippen molar-refractivity contribution < 1.29 is 23.1 Å². The van der Waals surface area contributed by atoms with Crippen LogP contribution in [0.25, 0.3) is 21.8 Å². The number of rotatable bonds is 4. The van der Waals surface area contributed by atoms with Crippen molar-refractivity contribution in [3.63, 3.8) is 0 Å². The number of aromatic nitrogens is 1. The van der Waals surface area contributed by atoms with Gasteiger partial charge in [0.1, 0.15) is 11.6 Å². The minimum Gasteiger partial charge on any atom is -0.386 e. The van der Waals surface area contributed by atoms with Gasteiger partial charge in [-0.1, -0.05) is 0 Å². The number of carbonyl (C=O) groups is 1. The van der Waals surface area contributed by atoms with Crippen molar-refractivity contribution in [1.82, 2.24) is 9.47 Å². The summed E-state index contributed by atoms with van der Waals surface area (Å²) >= 11 is 0. The van der Waals surface area contributed by atoms with E-state index >= 15 is 0 Å². The summed E-state index contributed by atoms with van der Waals surface area (Å²) in [5.41, 5.74) is -0.0525. The van der Waals surface area contributed by atoms with E-state index < -0.39 is 29.3 Å². The number of alkyl halides is 1. The van der Waals surface area contributed by atoms with Gasteiger partial charge in [-0.15, -0.1) is 0 Å². The number of fused-ring (bicyclic) bond motifs is 3. The predicted molar refractivity (Wildman–Crippen MR) is 96.1 cm³/mol. The van der Waals surface area contributed by atoms with Crippen molar-refractivity contribution in [2.45, 2.75) is 31.7 Å². The number of hydrogen-bond acceptors (Lipinski definition) is 2. The molecule has 0 aliphatic carbocycles. The average molecular weight is 376 g/mol. The maximum atomic E-state index is 13.7. The van der Waals surface area contributed by atoms with Gasteiger partial charge in [-0.3, -0.25) is 4.79 Å². The van der Waals surface area contributed by atoms with E-state index in [1.54, 1.807) is 23.6 Å². The fraction of sp³-hybridized carbons (Fsp3) is 0.350. The molecule has 1 saturated heterocycles. The predicted octanol–water partition coefficient (Wildman–Crippen LogP) is 3.39. The number of amides is 1. The lowest BCUT2D eigenvalue weighted by Crippen LogP contribution is -2.45. The first-order chi connectivity index (χ1) is 12.7. The van der Waals surface area contributed by atoms with Crippen LogP contribution in [0, 0.1) is 11.6 Å². The molecule has 0 spiro atoms. The summed E-state index contributed by atoms with van der Waals surface area (Å²) in [7, 11) is 0. The summed E-state index contributed by atoms with van der Waals surface area (Å²) in [4.78, 5) is 13.2. The van der Waals surface area contributed by atoms with Gasteiger partial charge in [-0.25, -0.2) is 13.2 Å². The Balaban J connectivity index is 1.75. The number of nitrogens with zero attached hydrogens (tertiary/aromatic N) is 2. The van der Waals surface area contributed by atoms with Crippen LogP contribution in [-0.4, -0.2) is 45.3 Å². The fourth-order valence-electron chi connectivity index (χ4n) is 3.88. The molecule has 1 aromatic heterocycles. The third kappa shape index (κ3) is 3.16. The first-order valence-corrected chi connectivity index (χ1v) is 8.77. The Morgan fingerprint density at radius 2 is 1.63 bits per heavy atom. The van der Waals surface area contributed by atoms with Gasteiger partial charge >= 0.3 is 0 Å². The summed E-state index contributed by atoms with van der Waals surface area (Å²) in [5.74, 6) is -1.48. The number of carbonyl (C=O) groups excluding carboxylic acids is 1. The first-order valence-electron chi connectivity index (χ1n) is 8.77. The van der Waals surface area contributed by atoms with Crippen LogP contribution < -0.4 is 0 Å². The Kier molecular flexibility index (Phi) is 4.14. The summed E-state index contributed by atoms with van der Waals surface area (Å²) < 4.78 is 42.7. The van der Waals surface area contributed by atoms with Gasteiger partial charge in [0.05, 0.1) is 18.7 Å². The number of halogens is 3. The Morgan fingerprint density at radius 1 is 1.07 bits per heavy atom. The zero-order valence-corrected chi connectivity index (χ0v) is 14.8. The number of hydrogen-bond donors (Lipinski definition) is 1. The highest BCUT2D eigenvalue weighted by molar-refractivity contribution is 6.08. The number of β-amino-alcohol motifs (C(OH)–C–C–N with tert-alkyl or cyclic N) is 1. The molecule has 4 rings (SSSR count). The fourth-order valence-corrected chi connectivity index (χ4v) is 3.88. The second kappa shape index (κ2) is 6.27. The third-order valence-electron chi connectivity index (χ3n) is 5.05. The molecule has 2 atom stereocenters. The van der Waals surface area contributed by atoms with Crippen LogP contribution in [0.1, 0.15) is 13.3 Å². The van der Waals surface area contributed by atoms with Crippen molar-refractivity contribution in [1.29, 1.82) is 0 Å². The van der Waals surface area contributed by atoms with E-state index in [1.165, 1.54) is 29.2 Å². The smallest absolute Gasteiger partial charge is 0.257 e. The molecule has 3 aromatic rings. The van der Waals surface area contributed by atoms with Gasteiger partial charge in [0.2, 0.25) is 0 Å². The van der Waals surface area contributed by atoms with Gasteiger partial charge in [0.25, 0.3) is 5.91 Å². The molecule has 1 amide bonds. The van der Waals surface area contributed by atoms with E-state index in [-0.39, 0.29) is 26.1 Å². The Morgan fingerprint density at radius 3 is 2.11 bits per heavy atom. The lowest BCUT2D eigenvalue weighted by Gasteiger charge is -2.30. The molecule has 1 aliphatic rings. The quantitative estimate of drug-likeness (QED) is 0.759. The maximum Gasteiger partial charge on any atom is 0.257 e. The Labute approximate surface area is 153 Å². The van der Waals surface area contributed by atoms with E-state index in [9.17, 15) is 23.1 Å². The van der Waals surface area contributed by atoms with Gasteiger partial charge < -0.3 is 14.6 Å². The monoisotopic (exact) mass is 376 g/mol.